The van der Waals surface area contributed by atoms with Crippen LogP contribution in [-0.2, 0) is 23.7 Å². The van der Waals surface area contributed by atoms with Gasteiger partial charge in [0.25, 0.3) is 6.71 Å². The van der Waals surface area contributed by atoms with Crippen LogP contribution in [0.15, 0.2) is 200 Å². The number of anilines is 8. The van der Waals surface area contributed by atoms with Crippen molar-refractivity contribution >= 4 is 68.6 Å². The zero-order valence-corrected chi connectivity index (χ0v) is 43.6. The van der Waals surface area contributed by atoms with Crippen molar-refractivity contribution in [1.82, 2.24) is 0 Å². The SMILES string of the molecule is CC(C)(C)c1ccc(N2c3cc4c(cc3B3c5ccc(-c6ccccc6)cc5N(c5cccc(-c6ccccc6)c5)c5cc(N6c7ccccc7C7(C)CCCCCC67C)cc2c53)CCC4)c(-c2ccccc2)c1. The second kappa shape index (κ2) is 17.0. The van der Waals surface area contributed by atoms with Crippen molar-refractivity contribution < 1.29 is 0 Å². The molecule has 0 radical (unpaired) electrons. The quantitative estimate of drug-likeness (QED) is 0.154. The monoisotopic (exact) mass is 958 g/mol. The van der Waals surface area contributed by atoms with E-state index in [1.165, 1.54) is 144 Å². The summed E-state index contributed by atoms with van der Waals surface area (Å²) in [6.45, 7) is 12.2. The van der Waals surface area contributed by atoms with Gasteiger partial charge in [0.05, 0.1) is 11.2 Å². The molecule has 74 heavy (non-hydrogen) atoms. The molecule has 1 fully saturated rings. The molecule has 0 amide bonds. The summed E-state index contributed by atoms with van der Waals surface area (Å²) in [4.78, 5) is 8.20. The van der Waals surface area contributed by atoms with Gasteiger partial charge in [0.15, 0.2) is 0 Å². The first-order valence-electron chi connectivity index (χ1n) is 27.5. The van der Waals surface area contributed by atoms with Gasteiger partial charge in [0, 0.05) is 50.8 Å². The lowest BCUT2D eigenvalue weighted by molar-refractivity contribution is 0.261. The van der Waals surface area contributed by atoms with Gasteiger partial charge in [-0.2, -0.15) is 0 Å². The van der Waals surface area contributed by atoms with Crippen LogP contribution < -0.4 is 31.1 Å². The summed E-state index contributed by atoms with van der Waals surface area (Å²) in [6, 6.07) is 77.1. The van der Waals surface area contributed by atoms with Gasteiger partial charge in [-0.3, -0.25) is 0 Å². The highest BCUT2D eigenvalue weighted by Gasteiger charge is 2.57. The Bertz CT molecular complexity index is 3670. The fraction of sp³-hybridized carbons (Fsp3) is 0.229. The Kier molecular flexibility index (Phi) is 10.4. The van der Waals surface area contributed by atoms with E-state index >= 15 is 0 Å². The third-order valence-electron chi connectivity index (χ3n) is 18.3. The minimum absolute atomic E-state index is 0.00167. The topological polar surface area (TPSA) is 9.72 Å². The molecule has 2 atom stereocenters. The summed E-state index contributed by atoms with van der Waals surface area (Å²) < 4.78 is 0. The van der Waals surface area contributed by atoms with Crippen molar-refractivity contribution in [2.45, 2.75) is 102 Å². The first-order valence-corrected chi connectivity index (χ1v) is 27.5. The smallest absolute Gasteiger partial charge is 0.252 e. The molecule has 3 heterocycles. The zero-order chi connectivity index (χ0) is 49.9. The van der Waals surface area contributed by atoms with Crippen molar-refractivity contribution in [2.75, 3.05) is 14.7 Å². The Hall–Kier alpha value is -7.56. The average Bonchev–Trinajstić information content (AvgIpc) is 3.92. The molecular formula is C70H64BN3. The predicted molar refractivity (Wildman–Crippen MR) is 315 cm³/mol. The van der Waals surface area contributed by atoms with Gasteiger partial charge in [-0.05, 0) is 165 Å². The first kappa shape index (κ1) is 45.1. The molecule has 14 rings (SSSR count). The van der Waals surface area contributed by atoms with E-state index in [-0.39, 0.29) is 23.1 Å². The summed E-state index contributed by atoms with van der Waals surface area (Å²) in [7, 11) is 0. The van der Waals surface area contributed by atoms with E-state index in [1.807, 2.05) is 0 Å². The molecule has 3 nitrogen and oxygen atoms in total. The Labute approximate surface area is 439 Å². The summed E-state index contributed by atoms with van der Waals surface area (Å²) in [6.07, 6.45) is 9.46. The van der Waals surface area contributed by atoms with Crippen LogP contribution in [0.25, 0.3) is 33.4 Å². The molecule has 2 unspecified atom stereocenters. The van der Waals surface area contributed by atoms with Gasteiger partial charge in [0.2, 0.25) is 0 Å². The van der Waals surface area contributed by atoms with E-state index in [9.17, 15) is 0 Å². The summed E-state index contributed by atoms with van der Waals surface area (Å²) in [5, 5.41) is 0. The van der Waals surface area contributed by atoms with Crippen LogP contribution in [0.1, 0.15) is 95.4 Å². The van der Waals surface area contributed by atoms with E-state index in [0.29, 0.717) is 0 Å². The molecule has 3 aliphatic heterocycles. The van der Waals surface area contributed by atoms with Gasteiger partial charge in [-0.15, -0.1) is 0 Å². The Morgan fingerprint density at radius 3 is 1.77 bits per heavy atom. The molecule has 0 N–H and O–H groups in total. The Morgan fingerprint density at radius 2 is 1.04 bits per heavy atom. The number of benzene rings is 9. The molecule has 362 valence electrons. The number of fused-ring (bicyclic) bond motifs is 8. The molecular weight excluding hydrogens is 894 g/mol. The second-order valence-electron chi connectivity index (χ2n) is 23.5. The van der Waals surface area contributed by atoms with Gasteiger partial charge < -0.3 is 14.7 Å². The molecule has 2 aliphatic carbocycles. The highest BCUT2D eigenvalue weighted by molar-refractivity contribution is 7.00. The fourth-order valence-electron chi connectivity index (χ4n) is 14.3. The molecule has 0 bridgehead atoms. The van der Waals surface area contributed by atoms with E-state index in [1.54, 1.807) is 0 Å². The minimum Gasteiger partial charge on any atom is -0.334 e. The molecule has 0 aromatic heterocycles. The third kappa shape index (κ3) is 6.86. The van der Waals surface area contributed by atoms with Crippen molar-refractivity contribution in [2.24, 2.45) is 0 Å². The van der Waals surface area contributed by atoms with Crippen LogP contribution in [0.4, 0.5) is 45.5 Å². The molecule has 9 aromatic rings. The summed E-state index contributed by atoms with van der Waals surface area (Å²) in [5.74, 6) is 0. The third-order valence-corrected chi connectivity index (χ3v) is 18.3. The lowest BCUT2D eigenvalue weighted by Gasteiger charge is -2.49. The highest BCUT2D eigenvalue weighted by atomic mass is 15.3. The molecule has 5 aliphatic rings. The fourth-order valence-corrected chi connectivity index (χ4v) is 14.3. The number of nitrogens with zero attached hydrogens (tertiary/aromatic N) is 3. The predicted octanol–water partition coefficient (Wildman–Crippen LogP) is 16.7. The normalized spacial score (nSPS) is 19.3. The maximum atomic E-state index is 2.82. The average molecular weight is 958 g/mol. The molecule has 9 aromatic carbocycles. The van der Waals surface area contributed by atoms with Crippen molar-refractivity contribution in [3.8, 4) is 33.4 Å². The summed E-state index contributed by atoms with van der Waals surface area (Å²) in [5.41, 5.74) is 27.1. The van der Waals surface area contributed by atoms with E-state index in [2.05, 4.69) is 250 Å². The van der Waals surface area contributed by atoms with E-state index in [0.717, 1.165) is 24.9 Å². The molecule has 0 spiro atoms. The van der Waals surface area contributed by atoms with Gasteiger partial charge in [0.1, 0.15) is 0 Å². The van der Waals surface area contributed by atoms with Crippen LogP contribution >= 0.6 is 0 Å². The van der Waals surface area contributed by atoms with Crippen molar-refractivity contribution in [1.29, 1.82) is 0 Å². The minimum atomic E-state index is -0.152. The van der Waals surface area contributed by atoms with Crippen LogP contribution in [0.3, 0.4) is 0 Å². The van der Waals surface area contributed by atoms with Crippen molar-refractivity contribution in [3.05, 3.63) is 222 Å². The lowest BCUT2D eigenvalue weighted by atomic mass is 9.33. The molecule has 4 heteroatoms. The number of hydrogen-bond acceptors (Lipinski definition) is 3. The number of para-hydroxylation sites is 1. The molecule has 0 saturated heterocycles. The lowest BCUT2D eigenvalue weighted by Crippen LogP contribution is -2.61. The maximum Gasteiger partial charge on any atom is 0.252 e. The Balaban J connectivity index is 1.12. The van der Waals surface area contributed by atoms with Crippen LogP contribution in [-0.4, -0.2) is 12.3 Å². The Morgan fingerprint density at radius 1 is 0.419 bits per heavy atom. The van der Waals surface area contributed by atoms with Crippen molar-refractivity contribution in [3.63, 3.8) is 0 Å². The van der Waals surface area contributed by atoms with E-state index in [4.69, 9.17) is 0 Å². The van der Waals surface area contributed by atoms with E-state index < -0.39 is 0 Å². The van der Waals surface area contributed by atoms with Gasteiger partial charge in [-0.1, -0.05) is 193 Å². The second-order valence-corrected chi connectivity index (χ2v) is 23.5. The number of hydrogen-bond donors (Lipinski definition) is 0. The largest absolute Gasteiger partial charge is 0.334 e. The van der Waals surface area contributed by atoms with Gasteiger partial charge >= 0.3 is 0 Å². The summed E-state index contributed by atoms with van der Waals surface area (Å²) >= 11 is 0. The first-order chi connectivity index (χ1) is 36.1. The zero-order valence-electron chi connectivity index (χ0n) is 43.6. The molecule has 1 saturated carbocycles. The highest BCUT2D eigenvalue weighted by Crippen LogP contribution is 2.61. The number of aryl methyl sites for hydroxylation is 2. The van der Waals surface area contributed by atoms with Crippen LogP contribution in [0, 0.1) is 0 Å². The standard InChI is InChI=1S/C70H64BN3/c1-68(2,3)54-35-37-61(57(44-54)49-26-14-8-15-27-49)73-64-42-52-29-20-28-51(52)41-60(64)71-59-36-34-53(48-24-12-7-13-25-48)43-63(59)72(55-31-21-30-50(40-55)47-22-10-6-11-23-47)65-45-56(46-66(73)67(65)71)74-62-33-17-16-32-58(62)69(4)38-18-9-19-39-70(69,74)5/h6-8,10-17,21-27,30-37,40-46H,9,18-20,28-29,38-39H2,1-5H3. The van der Waals surface area contributed by atoms with Gasteiger partial charge in [-0.25, -0.2) is 0 Å². The van der Waals surface area contributed by atoms with Crippen LogP contribution in [0.2, 0.25) is 0 Å². The number of rotatable bonds is 6. The van der Waals surface area contributed by atoms with Crippen LogP contribution in [0.5, 0.6) is 0 Å². The maximum absolute atomic E-state index is 2.82.